The van der Waals surface area contributed by atoms with Crippen molar-refractivity contribution in [3.8, 4) is 0 Å². The van der Waals surface area contributed by atoms with Crippen LogP contribution < -0.4 is 0 Å². The van der Waals surface area contributed by atoms with Crippen LogP contribution in [0.3, 0.4) is 0 Å². The molecule has 0 aromatic heterocycles. The molecule has 2 N–H and O–H groups in total. The zero-order valence-corrected chi connectivity index (χ0v) is 9.20. The maximum absolute atomic E-state index is 10.9. The van der Waals surface area contributed by atoms with Gasteiger partial charge in [-0.3, -0.25) is 9.59 Å². The van der Waals surface area contributed by atoms with Crippen molar-refractivity contribution in [2.45, 2.75) is 19.8 Å². The Balaban J connectivity index is 4.23. The van der Waals surface area contributed by atoms with Crippen LogP contribution in [0.1, 0.15) is 19.8 Å². The average Bonchev–Trinajstić information content (AvgIpc) is 2.16. The molecule has 0 bridgehead atoms. The highest BCUT2D eigenvalue weighted by Crippen LogP contribution is 2.07. The maximum Gasteiger partial charge on any atom is 0.308 e. The molecular weight excluding hydrogens is 222 g/mol. The van der Waals surface area contributed by atoms with Crippen LogP contribution in [0.5, 0.6) is 0 Å². The fourth-order valence-corrected chi connectivity index (χ4v) is 1.38. The summed E-state index contributed by atoms with van der Waals surface area (Å²) in [5, 5.41) is 17.1. The lowest BCUT2D eigenvalue weighted by atomic mass is 10.0. The van der Waals surface area contributed by atoms with Crippen molar-refractivity contribution in [1.29, 1.82) is 0 Å². The molecule has 1 unspecified atom stereocenters. The quantitative estimate of drug-likeness (QED) is 0.634. The van der Waals surface area contributed by atoms with Crippen molar-refractivity contribution in [2.75, 3.05) is 12.3 Å². The Bertz CT molecular complexity index is 308. The van der Waals surface area contributed by atoms with E-state index in [4.69, 9.17) is 10.2 Å². The van der Waals surface area contributed by atoms with Crippen molar-refractivity contribution in [3.05, 3.63) is 0 Å². The molecule has 6 nitrogen and oxygen atoms in total. The predicted octanol–water partition coefficient (Wildman–Crippen LogP) is 0.719. The number of carboxylic acids is 2. The highest BCUT2D eigenvalue weighted by atomic mass is 32.2. The number of rotatable bonds is 7. The number of carboxylic acid groups (broad SMARTS) is 2. The molecule has 0 heterocycles. The highest BCUT2D eigenvalue weighted by molar-refractivity contribution is 7.74. The Morgan fingerprint density at radius 2 is 2.00 bits per heavy atom. The molecule has 0 spiro atoms. The molecule has 0 amide bonds. The summed E-state index contributed by atoms with van der Waals surface area (Å²) in [4.78, 5) is 20.9. The van der Waals surface area contributed by atoms with Crippen LogP contribution in [0, 0.1) is 5.92 Å². The smallest absolute Gasteiger partial charge is 0.308 e. The minimum absolute atomic E-state index is 0.00901. The molecule has 0 fully saturated rings. The van der Waals surface area contributed by atoms with Crippen molar-refractivity contribution in [2.24, 2.45) is 10.3 Å². The Kier molecular flexibility index (Phi) is 6.68. The molecule has 0 aromatic rings. The summed E-state index contributed by atoms with van der Waals surface area (Å²) < 4.78 is 14.6. The summed E-state index contributed by atoms with van der Waals surface area (Å²) in [5.74, 6) is -2.67. The van der Waals surface area contributed by atoms with E-state index >= 15 is 0 Å². The Hall–Kier alpha value is -1.11. The molecule has 0 radical (unpaired) electrons. The first-order valence-corrected chi connectivity index (χ1v) is 5.75. The summed E-state index contributed by atoms with van der Waals surface area (Å²) in [6.07, 6.45) is -0.208. The van der Waals surface area contributed by atoms with E-state index in [1.165, 1.54) is 0 Å². The second-order valence-corrected chi connectivity index (χ2v) is 4.37. The second kappa shape index (κ2) is 7.22. The van der Waals surface area contributed by atoms with Crippen LogP contribution in [0.25, 0.3) is 0 Å². The monoisotopic (exact) mass is 236 g/mol. The van der Waals surface area contributed by atoms with Crippen molar-refractivity contribution in [3.63, 3.8) is 0 Å². The van der Waals surface area contributed by atoms with E-state index in [-0.39, 0.29) is 19.4 Å². The van der Waals surface area contributed by atoms with Gasteiger partial charge in [-0.05, 0) is 6.42 Å². The van der Waals surface area contributed by atoms with Gasteiger partial charge in [-0.15, -0.1) is 0 Å². The molecule has 7 heteroatoms. The van der Waals surface area contributed by atoms with Crippen molar-refractivity contribution >= 4 is 22.5 Å². The molecule has 0 rings (SSSR count). The fraction of sp³-hybridized carbons (Fsp3) is 0.750. The SMILES string of the molecule is CC[S-](=O)=NCC(CCC(=O)O)C(=O)O. The summed E-state index contributed by atoms with van der Waals surface area (Å²) in [7, 11) is -1.36. The van der Waals surface area contributed by atoms with E-state index < -0.39 is 28.5 Å². The van der Waals surface area contributed by atoms with E-state index in [1.54, 1.807) is 6.92 Å². The molecule has 88 valence electrons. The van der Waals surface area contributed by atoms with Gasteiger partial charge in [0, 0.05) is 13.0 Å². The van der Waals surface area contributed by atoms with Crippen LogP contribution in [-0.2, 0) is 24.4 Å². The standard InChI is InChI=1S/C8H14NO5S/c1-2-15(14)9-5-6(8(12)13)3-4-7(10)11/h6H,2-5H2,1H3,(H,10,11)(H,12,13)/q-1. The Morgan fingerprint density at radius 1 is 1.40 bits per heavy atom. The molecule has 0 aliphatic heterocycles. The van der Waals surface area contributed by atoms with Crippen LogP contribution in [0.4, 0.5) is 0 Å². The molecule has 15 heavy (non-hydrogen) atoms. The van der Waals surface area contributed by atoms with E-state index in [2.05, 4.69) is 4.36 Å². The molecule has 0 aliphatic rings. The molecular formula is C8H14NO5S-. The van der Waals surface area contributed by atoms with Gasteiger partial charge in [-0.25, -0.2) is 0 Å². The minimum Gasteiger partial charge on any atom is -0.481 e. The van der Waals surface area contributed by atoms with Crippen LogP contribution in [0.2, 0.25) is 0 Å². The topological polar surface area (TPSA) is 104 Å². The van der Waals surface area contributed by atoms with E-state index in [0.717, 1.165) is 0 Å². The molecule has 0 saturated heterocycles. The number of nitrogens with zero attached hydrogens (tertiary/aromatic N) is 1. The molecule has 0 aliphatic carbocycles. The highest BCUT2D eigenvalue weighted by Gasteiger charge is 2.16. The first-order chi connectivity index (χ1) is 6.97. The van der Waals surface area contributed by atoms with Crippen molar-refractivity contribution in [1.82, 2.24) is 0 Å². The largest absolute Gasteiger partial charge is 0.481 e. The van der Waals surface area contributed by atoms with Gasteiger partial charge >= 0.3 is 11.9 Å². The third-order valence-electron chi connectivity index (χ3n) is 1.74. The van der Waals surface area contributed by atoms with E-state index in [0.29, 0.717) is 5.75 Å². The first kappa shape index (κ1) is 13.9. The number of hydrogen-bond acceptors (Lipinski definition) is 5. The number of carbonyl (C=O) groups is 2. The second-order valence-electron chi connectivity index (χ2n) is 2.89. The fourth-order valence-electron chi connectivity index (χ4n) is 0.855. The number of aliphatic carboxylic acids is 2. The minimum atomic E-state index is -1.36. The Morgan fingerprint density at radius 3 is 2.40 bits per heavy atom. The van der Waals surface area contributed by atoms with Crippen molar-refractivity contribution < 1.29 is 24.0 Å². The first-order valence-electron chi connectivity index (χ1n) is 4.48. The van der Waals surface area contributed by atoms with Gasteiger partial charge in [0.05, 0.1) is 5.92 Å². The third-order valence-corrected chi connectivity index (χ3v) is 2.67. The molecule has 1 atom stereocenters. The van der Waals surface area contributed by atoms with Gasteiger partial charge in [0.15, 0.2) is 0 Å². The van der Waals surface area contributed by atoms with Gasteiger partial charge in [0.2, 0.25) is 0 Å². The zero-order chi connectivity index (χ0) is 11.8. The lowest BCUT2D eigenvalue weighted by Gasteiger charge is -2.09. The molecule has 0 aromatic carbocycles. The van der Waals surface area contributed by atoms with E-state index in [9.17, 15) is 13.8 Å². The van der Waals surface area contributed by atoms with Crippen LogP contribution in [0.15, 0.2) is 4.36 Å². The average molecular weight is 236 g/mol. The van der Waals surface area contributed by atoms with Gasteiger partial charge < -0.3 is 18.8 Å². The van der Waals surface area contributed by atoms with Gasteiger partial charge in [-0.1, -0.05) is 12.7 Å². The Labute approximate surface area is 89.5 Å². The van der Waals surface area contributed by atoms with E-state index in [1.807, 2.05) is 0 Å². The lowest BCUT2D eigenvalue weighted by Crippen LogP contribution is -2.18. The number of hydrogen-bond donors (Lipinski definition) is 2. The van der Waals surface area contributed by atoms with Crippen LogP contribution >= 0.6 is 0 Å². The normalized spacial score (nSPS) is 14.7. The zero-order valence-electron chi connectivity index (χ0n) is 8.38. The summed E-state index contributed by atoms with van der Waals surface area (Å²) in [6.45, 7) is 1.58. The van der Waals surface area contributed by atoms with Gasteiger partial charge in [0.1, 0.15) is 0 Å². The van der Waals surface area contributed by atoms with Gasteiger partial charge in [0.25, 0.3) is 0 Å². The van der Waals surface area contributed by atoms with Gasteiger partial charge in [-0.2, -0.15) is 10.6 Å². The lowest BCUT2D eigenvalue weighted by molar-refractivity contribution is -0.142. The third kappa shape index (κ3) is 6.89. The van der Waals surface area contributed by atoms with Crippen LogP contribution in [-0.4, -0.2) is 34.4 Å². The molecule has 0 saturated carbocycles. The maximum atomic E-state index is 10.9. The summed E-state index contributed by atoms with van der Waals surface area (Å²) >= 11 is 0. The predicted molar refractivity (Wildman–Crippen MR) is 53.9 cm³/mol. The summed E-state index contributed by atoms with van der Waals surface area (Å²) in [5.41, 5.74) is 0. The summed E-state index contributed by atoms with van der Waals surface area (Å²) in [6, 6.07) is 0.